The van der Waals surface area contributed by atoms with Crippen LogP contribution in [0.5, 0.6) is 11.5 Å². The molecule has 0 aliphatic carbocycles. The van der Waals surface area contributed by atoms with Gasteiger partial charge in [-0.15, -0.1) is 0 Å². The molecule has 1 unspecified atom stereocenters. The number of carbonyl (C=O) groups is 2. The Kier molecular flexibility index (Phi) is 5.05. The van der Waals surface area contributed by atoms with E-state index in [9.17, 15) is 9.59 Å². The highest BCUT2D eigenvalue weighted by Crippen LogP contribution is 2.38. The molecule has 0 spiro atoms. The standard InChI is InChI=1S/C22H24N2O4/c1-27-15-9-10-20(28-2)18(14-15)19-8-5-11-23(19)12-13-24-21(25)16-6-3-4-7-17(16)22(24)26/h3-4,6-7,9-10,14,19H,5,8,11-13H2,1-2H3. The number of amides is 2. The van der Waals surface area contributed by atoms with Gasteiger partial charge in [-0.05, 0) is 49.7 Å². The maximum absolute atomic E-state index is 12.6. The third kappa shape index (κ3) is 3.14. The van der Waals surface area contributed by atoms with Gasteiger partial charge in [-0.25, -0.2) is 0 Å². The third-order valence-electron chi connectivity index (χ3n) is 5.65. The van der Waals surface area contributed by atoms with Crippen LogP contribution >= 0.6 is 0 Å². The van der Waals surface area contributed by atoms with E-state index in [0.29, 0.717) is 24.2 Å². The summed E-state index contributed by atoms with van der Waals surface area (Å²) in [4.78, 5) is 28.9. The smallest absolute Gasteiger partial charge is 0.261 e. The van der Waals surface area contributed by atoms with E-state index in [2.05, 4.69) is 4.90 Å². The lowest BCUT2D eigenvalue weighted by molar-refractivity contribution is 0.0632. The zero-order valence-corrected chi connectivity index (χ0v) is 16.2. The van der Waals surface area contributed by atoms with Gasteiger partial charge in [-0.2, -0.15) is 0 Å². The molecule has 2 amide bonds. The average Bonchev–Trinajstić information content (AvgIpc) is 3.29. The summed E-state index contributed by atoms with van der Waals surface area (Å²) in [6, 6.07) is 13.0. The van der Waals surface area contributed by atoms with Crippen LogP contribution in [0.3, 0.4) is 0 Å². The summed E-state index contributed by atoms with van der Waals surface area (Å²) in [7, 11) is 3.32. The van der Waals surface area contributed by atoms with Gasteiger partial charge in [0.05, 0.1) is 25.3 Å². The summed E-state index contributed by atoms with van der Waals surface area (Å²) in [6.45, 7) is 1.94. The monoisotopic (exact) mass is 380 g/mol. The van der Waals surface area contributed by atoms with E-state index < -0.39 is 0 Å². The van der Waals surface area contributed by atoms with Crippen LogP contribution in [-0.2, 0) is 0 Å². The number of benzene rings is 2. The second-order valence-electron chi connectivity index (χ2n) is 7.11. The van der Waals surface area contributed by atoms with E-state index in [0.717, 1.165) is 36.4 Å². The van der Waals surface area contributed by atoms with Gasteiger partial charge < -0.3 is 9.47 Å². The first-order valence-electron chi connectivity index (χ1n) is 9.55. The molecule has 28 heavy (non-hydrogen) atoms. The highest BCUT2D eigenvalue weighted by molar-refractivity contribution is 6.21. The number of ether oxygens (including phenoxy) is 2. The Morgan fingerprint density at radius 3 is 2.32 bits per heavy atom. The number of hydrogen-bond acceptors (Lipinski definition) is 5. The molecule has 2 aromatic rings. The van der Waals surface area contributed by atoms with Crippen molar-refractivity contribution >= 4 is 11.8 Å². The predicted molar refractivity (Wildman–Crippen MR) is 105 cm³/mol. The van der Waals surface area contributed by atoms with Gasteiger partial charge in [0.25, 0.3) is 11.8 Å². The number of rotatable bonds is 6. The van der Waals surface area contributed by atoms with E-state index in [1.54, 1.807) is 38.5 Å². The fraction of sp³-hybridized carbons (Fsp3) is 0.364. The van der Waals surface area contributed by atoms with Crippen LogP contribution in [0.1, 0.15) is 45.2 Å². The molecule has 1 fully saturated rings. The van der Waals surface area contributed by atoms with Gasteiger partial charge in [-0.1, -0.05) is 12.1 Å². The van der Waals surface area contributed by atoms with E-state index in [1.165, 1.54) is 4.90 Å². The number of imide groups is 1. The number of methoxy groups -OCH3 is 2. The largest absolute Gasteiger partial charge is 0.497 e. The number of likely N-dealkylation sites (tertiary alicyclic amines) is 1. The molecule has 6 nitrogen and oxygen atoms in total. The summed E-state index contributed by atoms with van der Waals surface area (Å²) in [5, 5.41) is 0. The van der Waals surface area contributed by atoms with Crippen LogP contribution in [-0.4, -0.2) is 55.5 Å². The van der Waals surface area contributed by atoms with Crippen molar-refractivity contribution in [1.29, 1.82) is 0 Å². The highest BCUT2D eigenvalue weighted by Gasteiger charge is 2.36. The molecule has 2 aromatic carbocycles. The summed E-state index contributed by atoms with van der Waals surface area (Å²) in [6.07, 6.45) is 2.07. The average molecular weight is 380 g/mol. The van der Waals surface area contributed by atoms with Gasteiger partial charge in [-0.3, -0.25) is 19.4 Å². The van der Waals surface area contributed by atoms with Crippen molar-refractivity contribution < 1.29 is 19.1 Å². The lowest BCUT2D eigenvalue weighted by atomic mass is 10.0. The Morgan fingerprint density at radius 2 is 1.68 bits per heavy atom. The lowest BCUT2D eigenvalue weighted by Gasteiger charge is -2.28. The molecule has 146 valence electrons. The fourth-order valence-corrected chi connectivity index (χ4v) is 4.22. The molecule has 0 aromatic heterocycles. The van der Waals surface area contributed by atoms with Crippen LogP contribution in [0, 0.1) is 0 Å². The minimum atomic E-state index is -0.199. The molecule has 0 N–H and O–H groups in total. The number of nitrogens with zero attached hydrogens (tertiary/aromatic N) is 2. The van der Waals surface area contributed by atoms with Crippen LogP contribution in [0.25, 0.3) is 0 Å². The van der Waals surface area contributed by atoms with Gasteiger partial charge >= 0.3 is 0 Å². The summed E-state index contributed by atoms with van der Waals surface area (Å²) in [5.41, 5.74) is 2.08. The Labute approximate surface area is 164 Å². The molecule has 0 radical (unpaired) electrons. The molecule has 4 rings (SSSR count). The topological polar surface area (TPSA) is 59.1 Å². The van der Waals surface area contributed by atoms with Crippen molar-refractivity contribution in [3.05, 3.63) is 59.2 Å². The highest BCUT2D eigenvalue weighted by atomic mass is 16.5. The fourth-order valence-electron chi connectivity index (χ4n) is 4.22. The minimum Gasteiger partial charge on any atom is -0.497 e. The van der Waals surface area contributed by atoms with Gasteiger partial charge in [0, 0.05) is 24.7 Å². The quantitative estimate of drug-likeness (QED) is 0.721. The van der Waals surface area contributed by atoms with E-state index in [1.807, 2.05) is 18.2 Å². The SMILES string of the molecule is COc1ccc(OC)c(C2CCCN2CCN2C(=O)c3ccccc3C2=O)c1. The van der Waals surface area contributed by atoms with Gasteiger partial charge in [0.15, 0.2) is 0 Å². The Morgan fingerprint density at radius 1 is 0.964 bits per heavy atom. The summed E-state index contributed by atoms with van der Waals surface area (Å²) < 4.78 is 10.9. The zero-order valence-electron chi connectivity index (χ0n) is 16.2. The third-order valence-corrected chi connectivity index (χ3v) is 5.65. The zero-order chi connectivity index (χ0) is 19.7. The molecule has 2 heterocycles. The van der Waals surface area contributed by atoms with E-state index in [4.69, 9.17) is 9.47 Å². The Bertz CT molecular complexity index is 876. The maximum atomic E-state index is 12.6. The van der Waals surface area contributed by atoms with E-state index in [-0.39, 0.29) is 17.9 Å². The molecule has 0 bridgehead atoms. The molecule has 1 atom stereocenters. The van der Waals surface area contributed by atoms with Crippen LogP contribution < -0.4 is 9.47 Å². The number of hydrogen-bond donors (Lipinski definition) is 0. The first kappa shape index (κ1) is 18.5. The van der Waals surface area contributed by atoms with Crippen molar-refractivity contribution in [1.82, 2.24) is 9.80 Å². The van der Waals surface area contributed by atoms with E-state index >= 15 is 0 Å². The van der Waals surface area contributed by atoms with Crippen LogP contribution in [0.15, 0.2) is 42.5 Å². The number of fused-ring (bicyclic) bond motifs is 1. The summed E-state index contributed by atoms with van der Waals surface area (Å²) >= 11 is 0. The molecular weight excluding hydrogens is 356 g/mol. The van der Waals surface area contributed by atoms with Crippen LogP contribution in [0.2, 0.25) is 0 Å². The predicted octanol–water partition coefficient (Wildman–Crippen LogP) is 3.14. The van der Waals surface area contributed by atoms with Crippen molar-refractivity contribution in [3.63, 3.8) is 0 Å². The van der Waals surface area contributed by atoms with Gasteiger partial charge in [0.1, 0.15) is 11.5 Å². The van der Waals surface area contributed by atoms with Crippen molar-refractivity contribution in [3.8, 4) is 11.5 Å². The van der Waals surface area contributed by atoms with Crippen molar-refractivity contribution in [2.75, 3.05) is 33.9 Å². The normalized spacial score (nSPS) is 19.2. The van der Waals surface area contributed by atoms with Crippen molar-refractivity contribution in [2.24, 2.45) is 0 Å². The first-order valence-corrected chi connectivity index (χ1v) is 9.55. The van der Waals surface area contributed by atoms with Crippen molar-refractivity contribution in [2.45, 2.75) is 18.9 Å². The molecule has 2 aliphatic rings. The maximum Gasteiger partial charge on any atom is 0.261 e. The lowest BCUT2D eigenvalue weighted by Crippen LogP contribution is -2.38. The second kappa shape index (κ2) is 7.64. The minimum absolute atomic E-state index is 0.181. The molecule has 1 saturated heterocycles. The molecular formula is C22H24N2O4. The van der Waals surface area contributed by atoms with Gasteiger partial charge in [0.2, 0.25) is 0 Å². The Hall–Kier alpha value is -2.86. The molecule has 0 saturated carbocycles. The summed E-state index contributed by atoms with van der Waals surface area (Å²) in [5.74, 6) is 1.23. The number of carbonyl (C=O) groups excluding carboxylic acids is 2. The Balaban J connectivity index is 1.50. The van der Waals surface area contributed by atoms with Crippen LogP contribution in [0.4, 0.5) is 0 Å². The molecule has 6 heteroatoms. The first-order chi connectivity index (χ1) is 13.6. The second-order valence-corrected chi connectivity index (χ2v) is 7.11. The molecule has 2 aliphatic heterocycles.